The molecule has 0 saturated heterocycles. The first-order valence-electron chi connectivity index (χ1n) is 5.97. The van der Waals surface area contributed by atoms with E-state index in [1.165, 1.54) is 0 Å². The Morgan fingerprint density at radius 3 is 3.24 bits per heavy atom. The second-order valence-electron chi connectivity index (χ2n) is 4.53. The van der Waals surface area contributed by atoms with Gasteiger partial charge in [0, 0.05) is 25.6 Å². The minimum absolute atomic E-state index is 0.166. The van der Waals surface area contributed by atoms with E-state index in [0.29, 0.717) is 24.8 Å². The number of nitrogens with zero attached hydrogens (tertiary/aromatic N) is 1. The molecule has 1 atom stereocenters. The van der Waals surface area contributed by atoms with Crippen molar-refractivity contribution in [3.05, 3.63) is 17.0 Å². The van der Waals surface area contributed by atoms with Crippen LogP contribution >= 0.6 is 0 Å². The molecule has 0 aromatic carbocycles. The number of amides is 1. The zero-order valence-corrected chi connectivity index (χ0v) is 10.3. The fraction of sp³-hybridized carbons (Fsp3) is 0.667. The van der Waals surface area contributed by atoms with Gasteiger partial charge in [-0.2, -0.15) is 0 Å². The number of nitrogens with one attached hydrogen (secondary N) is 1. The summed E-state index contributed by atoms with van der Waals surface area (Å²) in [6.07, 6.45) is 2.87. The number of carbonyl (C=O) groups excluding carboxylic acids is 1. The van der Waals surface area contributed by atoms with E-state index in [0.717, 1.165) is 30.6 Å². The molecule has 0 fully saturated rings. The van der Waals surface area contributed by atoms with Crippen LogP contribution in [0.15, 0.2) is 4.52 Å². The van der Waals surface area contributed by atoms with E-state index in [1.54, 1.807) is 7.11 Å². The third-order valence-electron chi connectivity index (χ3n) is 3.09. The van der Waals surface area contributed by atoms with Gasteiger partial charge < -0.3 is 14.6 Å². The maximum Gasteiger partial charge on any atom is 0.273 e. The van der Waals surface area contributed by atoms with Gasteiger partial charge in [-0.15, -0.1) is 0 Å². The van der Waals surface area contributed by atoms with Crippen molar-refractivity contribution in [2.45, 2.75) is 26.2 Å². The lowest BCUT2D eigenvalue weighted by atomic mass is 9.88. The largest absolute Gasteiger partial charge is 0.383 e. The number of fused-ring (bicyclic) bond motifs is 1. The Kier molecular flexibility index (Phi) is 3.78. The van der Waals surface area contributed by atoms with E-state index in [1.807, 2.05) is 0 Å². The van der Waals surface area contributed by atoms with E-state index in [4.69, 9.17) is 9.26 Å². The fourth-order valence-corrected chi connectivity index (χ4v) is 2.11. The second-order valence-corrected chi connectivity index (χ2v) is 4.53. The Morgan fingerprint density at radius 2 is 2.47 bits per heavy atom. The van der Waals surface area contributed by atoms with E-state index >= 15 is 0 Å². The summed E-state index contributed by atoms with van der Waals surface area (Å²) in [5.74, 6) is 1.30. The molecule has 94 valence electrons. The number of rotatable bonds is 4. The minimum atomic E-state index is -0.166. The molecule has 5 nitrogen and oxygen atoms in total. The standard InChI is InChI=1S/C12H18N2O3/c1-8-3-4-10-9(7-8)11(14-17-10)12(15)13-5-6-16-2/h8H,3-7H2,1-2H3,(H,13,15)/t8-/m1/s1. The maximum atomic E-state index is 11.9. The zero-order chi connectivity index (χ0) is 12.3. The first-order chi connectivity index (χ1) is 8.22. The molecule has 1 aliphatic carbocycles. The van der Waals surface area contributed by atoms with Crippen molar-refractivity contribution in [1.82, 2.24) is 10.5 Å². The van der Waals surface area contributed by atoms with Crippen LogP contribution in [0.1, 0.15) is 35.2 Å². The van der Waals surface area contributed by atoms with Crippen LogP contribution in [-0.4, -0.2) is 31.3 Å². The number of ether oxygens (including phenoxy) is 1. The highest BCUT2D eigenvalue weighted by atomic mass is 16.5. The van der Waals surface area contributed by atoms with Crippen LogP contribution in [0.4, 0.5) is 0 Å². The highest BCUT2D eigenvalue weighted by molar-refractivity contribution is 5.93. The van der Waals surface area contributed by atoms with Crippen molar-refractivity contribution in [3.63, 3.8) is 0 Å². The van der Waals surface area contributed by atoms with Crippen LogP contribution in [0.3, 0.4) is 0 Å². The molecule has 1 N–H and O–H groups in total. The summed E-state index contributed by atoms with van der Waals surface area (Å²) in [6.45, 7) is 3.18. The third kappa shape index (κ3) is 2.66. The van der Waals surface area contributed by atoms with Gasteiger partial charge in [-0.05, 0) is 18.8 Å². The first-order valence-corrected chi connectivity index (χ1v) is 5.97. The van der Waals surface area contributed by atoms with Gasteiger partial charge in [-0.3, -0.25) is 4.79 Å². The molecule has 0 unspecified atom stereocenters. The number of aromatic nitrogens is 1. The van der Waals surface area contributed by atoms with Crippen molar-refractivity contribution in [3.8, 4) is 0 Å². The van der Waals surface area contributed by atoms with Crippen molar-refractivity contribution in [2.75, 3.05) is 20.3 Å². The van der Waals surface area contributed by atoms with E-state index < -0.39 is 0 Å². The monoisotopic (exact) mass is 238 g/mol. The van der Waals surface area contributed by atoms with Gasteiger partial charge in [0.25, 0.3) is 5.91 Å². The number of aryl methyl sites for hydroxylation is 1. The molecule has 1 aromatic heterocycles. The smallest absolute Gasteiger partial charge is 0.273 e. The Morgan fingerprint density at radius 1 is 1.65 bits per heavy atom. The van der Waals surface area contributed by atoms with Gasteiger partial charge in [-0.1, -0.05) is 12.1 Å². The van der Waals surface area contributed by atoms with Gasteiger partial charge in [0.1, 0.15) is 5.76 Å². The Labute approximate surface area is 101 Å². The Hall–Kier alpha value is -1.36. The highest BCUT2D eigenvalue weighted by Crippen LogP contribution is 2.27. The fourth-order valence-electron chi connectivity index (χ4n) is 2.11. The van der Waals surface area contributed by atoms with Crippen LogP contribution in [0.25, 0.3) is 0 Å². The van der Waals surface area contributed by atoms with Crippen molar-refractivity contribution in [1.29, 1.82) is 0 Å². The first kappa shape index (κ1) is 12.1. The normalized spacial score (nSPS) is 18.8. The van der Waals surface area contributed by atoms with Gasteiger partial charge in [0.05, 0.1) is 6.61 Å². The average molecular weight is 238 g/mol. The van der Waals surface area contributed by atoms with Crippen molar-refractivity contribution in [2.24, 2.45) is 5.92 Å². The summed E-state index contributed by atoms with van der Waals surface area (Å²) in [4.78, 5) is 11.9. The predicted octanol–water partition coefficient (Wildman–Crippen LogP) is 1.18. The van der Waals surface area contributed by atoms with Crippen LogP contribution in [-0.2, 0) is 17.6 Å². The lowest BCUT2D eigenvalue weighted by Crippen LogP contribution is -2.28. The molecule has 0 radical (unpaired) electrons. The second kappa shape index (κ2) is 5.31. The summed E-state index contributed by atoms with van der Waals surface area (Å²) < 4.78 is 10.1. The lowest BCUT2D eigenvalue weighted by molar-refractivity contribution is 0.0927. The molecule has 17 heavy (non-hydrogen) atoms. The molecule has 1 amide bonds. The maximum absolute atomic E-state index is 11.9. The summed E-state index contributed by atoms with van der Waals surface area (Å²) in [5, 5.41) is 6.65. The molecule has 2 rings (SSSR count). The quantitative estimate of drug-likeness (QED) is 0.800. The number of carbonyl (C=O) groups is 1. The van der Waals surface area contributed by atoms with Crippen LogP contribution < -0.4 is 5.32 Å². The number of hydrogen-bond donors (Lipinski definition) is 1. The van der Waals surface area contributed by atoms with Crippen LogP contribution in [0.2, 0.25) is 0 Å². The lowest BCUT2D eigenvalue weighted by Gasteiger charge is -2.16. The summed E-state index contributed by atoms with van der Waals surface area (Å²) in [5.41, 5.74) is 1.43. The zero-order valence-electron chi connectivity index (χ0n) is 10.3. The van der Waals surface area contributed by atoms with Crippen LogP contribution in [0.5, 0.6) is 0 Å². The predicted molar refractivity (Wildman–Crippen MR) is 61.9 cm³/mol. The Balaban J connectivity index is 2.06. The Bertz CT molecular complexity index is 400. The molecule has 1 aliphatic rings. The molecule has 0 saturated carbocycles. The van der Waals surface area contributed by atoms with Crippen molar-refractivity contribution >= 4 is 5.91 Å². The molecular weight excluding hydrogens is 220 g/mol. The van der Waals surface area contributed by atoms with Crippen LogP contribution in [0, 0.1) is 5.92 Å². The summed E-state index contributed by atoms with van der Waals surface area (Å²) in [7, 11) is 1.60. The molecule has 1 aromatic rings. The minimum Gasteiger partial charge on any atom is -0.383 e. The molecule has 0 aliphatic heterocycles. The average Bonchev–Trinajstić information content (AvgIpc) is 2.72. The van der Waals surface area contributed by atoms with Gasteiger partial charge in [0.2, 0.25) is 0 Å². The summed E-state index contributed by atoms with van der Waals surface area (Å²) >= 11 is 0. The number of hydrogen-bond acceptors (Lipinski definition) is 4. The van der Waals surface area contributed by atoms with E-state index in [-0.39, 0.29) is 5.91 Å². The SMILES string of the molecule is COCCNC(=O)c1noc2c1C[C@H](C)CC2. The van der Waals surface area contributed by atoms with Crippen molar-refractivity contribution < 1.29 is 14.1 Å². The molecule has 0 spiro atoms. The van der Waals surface area contributed by atoms with E-state index in [2.05, 4.69) is 17.4 Å². The molecule has 0 bridgehead atoms. The molecule has 5 heteroatoms. The number of methoxy groups -OCH3 is 1. The molecular formula is C12H18N2O3. The third-order valence-corrected chi connectivity index (χ3v) is 3.09. The molecule has 1 heterocycles. The highest BCUT2D eigenvalue weighted by Gasteiger charge is 2.26. The summed E-state index contributed by atoms with van der Waals surface area (Å²) in [6, 6.07) is 0. The van der Waals surface area contributed by atoms with Gasteiger partial charge in [-0.25, -0.2) is 0 Å². The van der Waals surface area contributed by atoms with E-state index in [9.17, 15) is 4.79 Å². The van der Waals surface area contributed by atoms with Gasteiger partial charge >= 0.3 is 0 Å². The topological polar surface area (TPSA) is 64.4 Å². The van der Waals surface area contributed by atoms with Gasteiger partial charge in [0.15, 0.2) is 5.69 Å².